The second kappa shape index (κ2) is 16.5. The van der Waals surface area contributed by atoms with Gasteiger partial charge in [0, 0.05) is 18.1 Å². The molecule has 4 aromatic rings. The average molecular weight is 805 g/mol. The number of benzene rings is 4. The van der Waals surface area contributed by atoms with Crippen LogP contribution in [0.1, 0.15) is 65.4 Å². The fourth-order valence-corrected chi connectivity index (χ4v) is 14.1. The topological polar surface area (TPSA) is 119 Å². The summed E-state index contributed by atoms with van der Waals surface area (Å²) in [4.78, 5) is 41.1. The highest BCUT2D eigenvalue weighted by Gasteiger charge is 2.58. The number of nitro benzene ring substituents is 1. The molecule has 0 spiro atoms. The van der Waals surface area contributed by atoms with Gasteiger partial charge in [-0.15, -0.1) is 0 Å². The van der Waals surface area contributed by atoms with E-state index in [4.69, 9.17) is 20.8 Å². The quantitative estimate of drug-likeness (QED) is 0.0471. The number of amides is 2. The number of hydrogen-bond acceptors (Lipinski definition) is 7. The van der Waals surface area contributed by atoms with Gasteiger partial charge in [0.15, 0.2) is 0 Å². The summed E-state index contributed by atoms with van der Waals surface area (Å²) in [5.41, 5.74) is 4.07. The number of non-ortho nitro benzene ring substituents is 1. The van der Waals surface area contributed by atoms with Crippen molar-refractivity contribution in [3.05, 3.63) is 141 Å². The van der Waals surface area contributed by atoms with E-state index in [1.165, 1.54) is 23.8 Å². The minimum Gasteiger partial charge on any atom is -0.508 e. The van der Waals surface area contributed by atoms with Gasteiger partial charge in [-0.05, 0) is 82.1 Å². The van der Waals surface area contributed by atoms with Crippen LogP contribution in [0.3, 0.4) is 0 Å². The Hall–Kier alpha value is -4.87. The number of phenolic OH excluding ortho intramolecular Hbond substituents is 1. The SMILES string of the molecule is CCC/C(=C\c1ccc(O)cc1Cl)CC[C@H]1OC[C@H]2C1=C(CO[Si](c1ccccc1)(c1ccccc1)C(C)(C)C)C[C@H]1C(=O)N(c3cccc([N+](=O)[O-])c3)C(=O)[C@H]12. The third-order valence-corrected chi connectivity index (χ3v) is 17.1. The molecule has 4 atom stereocenters. The van der Waals surface area contributed by atoms with E-state index >= 15 is 0 Å². The van der Waals surface area contributed by atoms with Gasteiger partial charge < -0.3 is 14.3 Å². The van der Waals surface area contributed by atoms with Crippen LogP contribution < -0.4 is 15.3 Å². The molecule has 7 rings (SSSR count). The van der Waals surface area contributed by atoms with E-state index in [1.807, 2.05) is 18.2 Å². The Bertz CT molecular complexity index is 2180. The third kappa shape index (κ3) is 7.76. The molecule has 2 heterocycles. The minimum absolute atomic E-state index is 0.110. The van der Waals surface area contributed by atoms with E-state index in [2.05, 4.69) is 82.3 Å². The lowest BCUT2D eigenvalue weighted by Gasteiger charge is -2.44. The summed E-state index contributed by atoms with van der Waals surface area (Å²) in [7, 11) is -2.99. The standard InChI is InChI=1S/C46H49ClN2O7Si/c1-5-13-30(24-31-21-22-35(50)27-40(31)47)20-23-41-42-32(28-56-57(46(2,3)4,36-16-8-6-9-17-36)37-18-10-7-11-19-37)25-38-43(39(42)29-55-41)45(52)48(44(38)51)33-14-12-15-34(26-33)49(53)54/h6-12,14-19,21-22,24,26-27,38-39,41,43,50H,5,13,20,23,25,28-29H2,1-4H3/b30-24+/t38-,39+,41-,43-/m1/s1. The van der Waals surface area contributed by atoms with Gasteiger partial charge in [0.2, 0.25) is 11.8 Å². The summed E-state index contributed by atoms with van der Waals surface area (Å²) in [6.07, 6.45) is 5.27. The highest BCUT2D eigenvalue weighted by molar-refractivity contribution is 6.99. The molecule has 296 valence electrons. The maximum Gasteiger partial charge on any atom is 0.271 e. The van der Waals surface area contributed by atoms with Gasteiger partial charge >= 0.3 is 0 Å². The zero-order chi connectivity index (χ0) is 40.5. The number of anilines is 1. The van der Waals surface area contributed by atoms with Crippen LogP contribution in [0.4, 0.5) is 11.4 Å². The molecule has 4 aromatic carbocycles. The van der Waals surface area contributed by atoms with Crippen molar-refractivity contribution in [3.8, 4) is 5.75 Å². The Morgan fingerprint density at radius 2 is 1.63 bits per heavy atom. The lowest BCUT2D eigenvalue weighted by atomic mass is 9.69. The lowest BCUT2D eigenvalue weighted by Crippen LogP contribution is -2.66. The molecule has 1 aliphatic carbocycles. The van der Waals surface area contributed by atoms with Crippen molar-refractivity contribution < 1.29 is 28.8 Å². The van der Waals surface area contributed by atoms with Crippen LogP contribution in [0.2, 0.25) is 10.1 Å². The molecule has 0 bridgehead atoms. The Kier molecular flexibility index (Phi) is 11.7. The monoisotopic (exact) mass is 804 g/mol. The van der Waals surface area contributed by atoms with Crippen LogP contribution >= 0.6 is 11.6 Å². The number of nitro groups is 1. The van der Waals surface area contributed by atoms with Gasteiger partial charge in [-0.1, -0.05) is 124 Å². The molecule has 0 radical (unpaired) electrons. The maximum absolute atomic E-state index is 14.4. The van der Waals surface area contributed by atoms with Crippen LogP contribution in [0, 0.1) is 27.9 Å². The van der Waals surface area contributed by atoms with Crippen LogP contribution in [-0.2, 0) is 18.8 Å². The number of carbonyl (C=O) groups excluding carboxylic acids is 2. The number of imide groups is 1. The molecule has 2 aliphatic heterocycles. The number of phenols is 1. The molecule has 1 N–H and O–H groups in total. The van der Waals surface area contributed by atoms with Crippen molar-refractivity contribution in [1.29, 1.82) is 0 Å². The Labute approximate surface area is 340 Å². The normalized spacial score (nSPS) is 21.2. The first-order valence-electron chi connectivity index (χ1n) is 19.7. The van der Waals surface area contributed by atoms with E-state index in [1.54, 1.807) is 18.2 Å². The van der Waals surface area contributed by atoms with E-state index in [0.717, 1.165) is 51.2 Å². The third-order valence-electron chi connectivity index (χ3n) is 11.8. The number of allylic oxidation sites excluding steroid dienone is 1. The molecule has 2 saturated heterocycles. The predicted molar refractivity (Wildman–Crippen MR) is 226 cm³/mol. The van der Waals surface area contributed by atoms with Gasteiger partial charge in [0.05, 0.1) is 46.8 Å². The van der Waals surface area contributed by atoms with Crippen LogP contribution in [-0.4, -0.2) is 49.5 Å². The fourth-order valence-electron chi connectivity index (χ4n) is 9.32. The lowest BCUT2D eigenvalue weighted by molar-refractivity contribution is -0.384. The van der Waals surface area contributed by atoms with Crippen LogP contribution in [0.15, 0.2) is 120 Å². The van der Waals surface area contributed by atoms with Crippen molar-refractivity contribution in [2.45, 2.75) is 70.9 Å². The minimum atomic E-state index is -2.99. The van der Waals surface area contributed by atoms with E-state index in [0.29, 0.717) is 17.9 Å². The summed E-state index contributed by atoms with van der Waals surface area (Å²) >= 11 is 6.52. The number of ether oxygens (including phenoxy) is 1. The van der Waals surface area contributed by atoms with Crippen molar-refractivity contribution in [2.75, 3.05) is 18.1 Å². The zero-order valence-electron chi connectivity index (χ0n) is 32.8. The Balaban J connectivity index is 1.28. The van der Waals surface area contributed by atoms with Crippen molar-refractivity contribution in [2.24, 2.45) is 17.8 Å². The van der Waals surface area contributed by atoms with Gasteiger partial charge in [-0.25, -0.2) is 4.90 Å². The summed E-state index contributed by atoms with van der Waals surface area (Å²) in [6, 6.07) is 31.6. The fraction of sp³-hybridized carbons (Fsp3) is 0.348. The van der Waals surface area contributed by atoms with Crippen LogP contribution in [0.5, 0.6) is 5.75 Å². The molecular formula is C46H49ClN2O7Si. The van der Waals surface area contributed by atoms with E-state index in [9.17, 15) is 24.8 Å². The first kappa shape index (κ1) is 40.3. The smallest absolute Gasteiger partial charge is 0.271 e. The van der Waals surface area contributed by atoms with Gasteiger partial charge in [-0.3, -0.25) is 19.7 Å². The number of fused-ring (bicyclic) bond motifs is 3. The second-order valence-electron chi connectivity index (χ2n) is 16.4. The number of nitrogens with zero attached hydrogens (tertiary/aromatic N) is 2. The number of halogens is 1. The number of hydrogen-bond donors (Lipinski definition) is 1. The Morgan fingerprint density at radius 3 is 2.25 bits per heavy atom. The maximum atomic E-state index is 14.4. The first-order valence-corrected chi connectivity index (χ1v) is 22.0. The molecule has 11 heteroatoms. The summed E-state index contributed by atoms with van der Waals surface area (Å²) < 4.78 is 14.1. The summed E-state index contributed by atoms with van der Waals surface area (Å²) in [6.45, 7) is 9.38. The molecule has 9 nitrogen and oxygen atoms in total. The molecule has 0 aromatic heterocycles. The van der Waals surface area contributed by atoms with Crippen molar-refractivity contribution in [1.82, 2.24) is 0 Å². The molecule has 0 unspecified atom stereocenters. The predicted octanol–water partition coefficient (Wildman–Crippen LogP) is 9.02. The number of rotatable bonds is 13. The largest absolute Gasteiger partial charge is 0.508 e. The zero-order valence-corrected chi connectivity index (χ0v) is 34.6. The van der Waals surface area contributed by atoms with Gasteiger partial charge in [0.25, 0.3) is 14.0 Å². The van der Waals surface area contributed by atoms with Crippen molar-refractivity contribution in [3.63, 3.8) is 0 Å². The molecular weight excluding hydrogens is 756 g/mol. The molecule has 0 saturated carbocycles. The van der Waals surface area contributed by atoms with Gasteiger partial charge in [0.1, 0.15) is 5.75 Å². The summed E-state index contributed by atoms with van der Waals surface area (Å²) in [5, 5.41) is 24.1. The molecule has 2 amide bonds. The molecule has 2 fully saturated rings. The van der Waals surface area contributed by atoms with E-state index in [-0.39, 0.29) is 59.2 Å². The highest BCUT2D eigenvalue weighted by Crippen LogP contribution is 2.51. The molecule has 57 heavy (non-hydrogen) atoms. The Morgan fingerprint density at radius 1 is 0.947 bits per heavy atom. The average Bonchev–Trinajstić information content (AvgIpc) is 3.73. The van der Waals surface area contributed by atoms with Crippen molar-refractivity contribution >= 4 is 59.6 Å². The highest BCUT2D eigenvalue weighted by atomic mass is 35.5. The molecule has 3 aliphatic rings. The number of aromatic hydroxyl groups is 1. The summed E-state index contributed by atoms with van der Waals surface area (Å²) in [5.74, 6) is -2.25. The van der Waals surface area contributed by atoms with Crippen LogP contribution in [0.25, 0.3) is 6.08 Å². The first-order chi connectivity index (χ1) is 27.3. The number of carbonyl (C=O) groups is 2. The second-order valence-corrected chi connectivity index (χ2v) is 21.1. The van der Waals surface area contributed by atoms with Gasteiger partial charge in [-0.2, -0.15) is 0 Å². The van der Waals surface area contributed by atoms with E-state index < -0.39 is 25.1 Å².